The van der Waals surface area contributed by atoms with Crippen LogP contribution in [0.2, 0.25) is 0 Å². The maximum atomic E-state index is 11.3. The molecule has 5 heteroatoms. The SMILES string of the molecule is COC(=O)c1ccc(CNC2CCCCC2SC)o1. The van der Waals surface area contributed by atoms with Crippen molar-refractivity contribution in [2.45, 2.75) is 43.5 Å². The van der Waals surface area contributed by atoms with Crippen molar-refractivity contribution >= 4 is 17.7 Å². The van der Waals surface area contributed by atoms with Crippen molar-refractivity contribution in [3.05, 3.63) is 23.7 Å². The molecule has 19 heavy (non-hydrogen) atoms. The Bertz CT molecular complexity index is 419. The van der Waals surface area contributed by atoms with Crippen LogP contribution in [0.5, 0.6) is 0 Å². The van der Waals surface area contributed by atoms with E-state index in [0.717, 1.165) is 5.76 Å². The van der Waals surface area contributed by atoms with Gasteiger partial charge in [-0.1, -0.05) is 12.8 Å². The zero-order chi connectivity index (χ0) is 13.7. The van der Waals surface area contributed by atoms with Crippen LogP contribution >= 0.6 is 11.8 Å². The van der Waals surface area contributed by atoms with E-state index in [1.165, 1.54) is 32.8 Å². The summed E-state index contributed by atoms with van der Waals surface area (Å²) in [4.78, 5) is 11.3. The third kappa shape index (κ3) is 3.76. The van der Waals surface area contributed by atoms with Gasteiger partial charge >= 0.3 is 5.97 Å². The van der Waals surface area contributed by atoms with Gasteiger partial charge in [-0.05, 0) is 31.2 Å². The van der Waals surface area contributed by atoms with Crippen LogP contribution in [0.1, 0.15) is 42.0 Å². The van der Waals surface area contributed by atoms with E-state index in [1.807, 2.05) is 17.8 Å². The van der Waals surface area contributed by atoms with Crippen molar-refractivity contribution in [3.63, 3.8) is 0 Å². The summed E-state index contributed by atoms with van der Waals surface area (Å²) in [5.41, 5.74) is 0. The van der Waals surface area contributed by atoms with Crippen LogP contribution < -0.4 is 5.32 Å². The number of hydrogen-bond donors (Lipinski definition) is 1. The molecule has 1 saturated carbocycles. The maximum Gasteiger partial charge on any atom is 0.373 e. The Hall–Kier alpha value is -0.940. The Morgan fingerprint density at radius 3 is 3.00 bits per heavy atom. The molecular weight excluding hydrogens is 262 g/mol. The van der Waals surface area contributed by atoms with Crippen LogP contribution in [0.4, 0.5) is 0 Å². The second-order valence-corrected chi connectivity index (χ2v) is 5.88. The van der Waals surface area contributed by atoms with Gasteiger partial charge in [-0.15, -0.1) is 0 Å². The lowest BCUT2D eigenvalue weighted by Gasteiger charge is -2.30. The number of rotatable bonds is 5. The molecule has 0 bridgehead atoms. The van der Waals surface area contributed by atoms with Crippen molar-refractivity contribution in [2.24, 2.45) is 0 Å². The van der Waals surface area contributed by atoms with E-state index < -0.39 is 5.97 Å². The first-order valence-electron chi connectivity index (χ1n) is 6.67. The summed E-state index contributed by atoms with van der Waals surface area (Å²) in [6, 6.07) is 4.03. The van der Waals surface area contributed by atoms with Crippen LogP contribution in [-0.4, -0.2) is 30.6 Å². The Kier molecular flexibility index (Phi) is 5.34. The predicted octanol–water partition coefficient (Wildman–Crippen LogP) is 2.83. The fourth-order valence-electron chi connectivity index (χ4n) is 2.53. The zero-order valence-electron chi connectivity index (χ0n) is 11.5. The third-order valence-electron chi connectivity index (χ3n) is 3.59. The standard InChI is InChI=1S/C14H21NO3S/c1-17-14(16)12-8-7-10(18-12)9-15-11-5-3-4-6-13(11)19-2/h7-8,11,13,15H,3-6,9H2,1-2H3. The summed E-state index contributed by atoms with van der Waals surface area (Å²) in [6.07, 6.45) is 7.30. The molecule has 1 aromatic rings. The quantitative estimate of drug-likeness (QED) is 0.842. The summed E-state index contributed by atoms with van der Waals surface area (Å²) < 4.78 is 10.1. The van der Waals surface area contributed by atoms with E-state index in [4.69, 9.17) is 4.42 Å². The lowest BCUT2D eigenvalue weighted by Crippen LogP contribution is -2.39. The van der Waals surface area contributed by atoms with Crippen molar-refractivity contribution in [2.75, 3.05) is 13.4 Å². The summed E-state index contributed by atoms with van der Waals surface area (Å²) in [5, 5.41) is 4.23. The largest absolute Gasteiger partial charge is 0.463 e. The topological polar surface area (TPSA) is 51.5 Å². The van der Waals surface area contributed by atoms with Gasteiger partial charge in [-0.3, -0.25) is 0 Å². The molecule has 1 N–H and O–H groups in total. The van der Waals surface area contributed by atoms with Crippen molar-refractivity contribution in [1.29, 1.82) is 0 Å². The molecule has 0 radical (unpaired) electrons. The number of furan rings is 1. The minimum Gasteiger partial charge on any atom is -0.463 e. The highest BCUT2D eigenvalue weighted by molar-refractivity contribution is 7.99. The highest BCUT2D eigenvalue weighted by atomic mass is 32.2. The van der Waals surface area contributed by atoms with E-state index in [-0.39, 0.29) is 5.76 Å². The normalized spacial score (nSPS) is 23.3. The number of esters is 1. The Morgan fingerprint density at radius 1 is 1.47 bits per heavy atom. The Morgan fingerprint density at radius 2 is 2.26 bits per heavy atom. The number of nitrogens with one attached hydrogen (secondary N) is 1. The second-order valence-electron chi connectivity index (χ2n) is 4.80. The summed E-state index contributed by atoms with van der Waals surface area (Å²) in [6.45, 7) is 0.665. The average molecular weight is 283 g/mol. The first-order valence-corrected chi connectivity index (χ1v) is 7.96. The third-order valence-corrected chi connectivity index (χ3v) is 4.76. The molecule has 2 unspecified atom stereocenters. The molecule has 106 valence electrons. The van der Waals surface area contributed by atoms with E-state index >= 15 is 0 Å². The Labute approximate surface area is 118 Å². The Balaban J connectivity index is 1.87. The molecule has 1 aromatic heterocycles. The van der Waals surface area contributed by atoms with Crippen LogP contribution in [0.25, 0.3) is 0 Å². The van der Waals surface area contributed by atoms with E-state index in [1.54, 1.807) is 6.07 Å². The molecule has 1 heterocycles. The van der Waals surface area contributed by atoms with Crippen LogP contribution in [-0.2, 0) is 11.3 Å². The lowest BCUT2D eigenvalue weighted by molar-refractivity contribution is 0.0562. The maximum absolute atomic E-state index is 11.3. The highest BCUT2D eigenvalue weighted by Gasteiger charge is 2.24. The molecule has 0 spiro atoms. The van der Waals surface area contributed by atoms with Crippen LogP contribution in [0, 0.1) is 0 Å². The smallest absolute Gasteiger partial charge is 0.373 e. The van der Waals surface area contributed by atoms with Crippen molar-refractivity contribution in [3.8, 4) is 0 Å². The van der Waals surface area contributed by atoms with Gasteiger partial charge < -0.3 is 14.5 Å². The molecule has 2 rings (SSSR count). The summed E-state index contributed by atoms with van der Waals surface area (Å²) in [7, 11) is 1.36. The molecule has 4 nitrogen and oxygen atoms in total. The fraction of sp³-hybridized carbons (Fsp3) is 0.643. The molecule has 0 aromatic carbocycles. The second kappa shape index (κ2) is 7.01. The number of ether oxygens (including phenoxy) is 1. The number of carbonyl (C=O) groups is 1. The van der Waals surface area contributed by atoms with Gasteiger partial charge in [-0.2, -0.15) is 11.8 Å². The van der Waals surface area contributed by atoms with Crippen LogP contribution in [0.3, 0.4) is 0 Å². The lowest BCUT2D eigenvalue weighted by atomic mass is 9.95. The van der Waals surface area contributed by atoms with Gasteiger partial charge in [0.25, 0.3) is 0 Å². The number of carbonyl (C=O) groups excluding carboxylic acids is 1. The minimum absolute atomic E-state index is 0.268. The minimum atomic E-state index is -0.425. The number of methoxy groups -OCH3 is 1. The van der Waals surface area contributed by atoms with Gasteiger partial charge in [0.1, 0.15) is 5.76 Å². The summed E-state index contributed by atoms with van der Waals surface area (Å²) >= 11 is 1.94. The fourth-order valence-corrected chi connectivity index (χ4v) is 3.49. The van der Waals surface area contributed by atoms with Crippen molar-refractivity contribution in [1.82, 2.24) is 5.32 Å². The number of hydrogen-bond acceptors (Lipinski definition) is 5. The molecule has 0 aliphatic heterocycles. The predicted molar refractivity (Wildman–Crippen MR) is 76.4 cm³/mol. The van der Waals surface area contributed by atoms with E-state index in [2.05, 4.69) is 16.3 Å². The highest BCUT2D eigenvalue weighted by Crippen LogP contribution is 2.27. The molecule has 1 aliphatic carbocycles. The van der Waals surface area contributed by atoms with Crippen molar-refractivity contribution < 1.29 is 13.9 Å². The van der Waals surface area contributed by atoms with E-state index in [9.17, 15) is 4.79 Å². The van der Waals surface area contributed by atoms with Gasteiger partial charge in [0.2, 0.25) is 5.76 Å². The average Bonchev–Trinajstić information content (AvgIpc) is 2.93. The van der Waals surface area contributed by atoms with Crippen LogP contribution in [0.15, 0.2) is 16.5 Å². The molecule has 1 fully saturated rings. The first-order chi connectivity index (χ1) is 9.24. The molecule has 1 aliphatic rings. The van der Waals surface area contributed by atoms with Gasteiger partial charge in [0, 0.05) is 11.3 Å². The van der Waals surface area contributed by atoms with Gasteiger partial charge in [0.15, 0.2) is 0 Å². The molecule has 0 saturated heterocycles. The molecule has 2 atom stereocenters. The van der Waals surface area contributed by atoms with E-state index in [0.29, 0.717) is 17.8 Å². The first kappa shape index (κ1) is 14.5. The molecule has 0 amide bonds. The van der Waals surface area contributed by atoms with Gasteiger partial charge in [-0.25, -0.2) is 4.79 Å². The summed E-state index contributed by atoms with van der Waals surface area (Å²) in [5.74, 6) is 0.626. The number of thioether (sulfide) groups is 1. The van der Waals surface area contributed by atoms with Gasteiger partial charge in [0.05, 0.1) is 13.7 Å². The monoisotopic (exact) mass is 283 g/mol. The zero-order valence-corrected chi connectivity index (χ0v) is 12.3. The molecular formula is C14H21NO3S.